The van der Waals surface area contributed by atoms with Crippen molar-refractivity contribution in [1.82, 2.24) is 5.32 Å². The largest absolute Gasteiger partial charge is 0.486 e. The van der Waals surface area contributed by atoms with Crippen LogP contribution in [-0.2, 0) is 20.2 Å². The number of ether oxygens (including phenoxy) is 2. The van der Waals surface area contributed by atoms with Gasteiger partial charge >= 0.3 is 0 Å². The van der Waals surface area contributed by atoms with Gasteiger partial charge in [-0.05, 0) is 42.5 Å². The minimum atomic E-state index is -3.74. The first-order valence-electron chi connectivity index (χ1n) is 10.7. The zero-order valence-corrected chi connectivity index (χ0v) is 20.3. The molecule has 1 heterocycles. The number of hydrogen-bond acceptors (Lipinski definition) is 5. The van der Waals surface area contributed by atoms with Gasteiger partial charge in [0.05, 0.1) is 18.0 Å². The quantitative estimate of drug-likeness (QED) is 0.709. The van der Waals surface area contributed by atoms with Crippen molar-refractivity contribution in [3.05, 3.63) is 53.6 Å². The molecule has 0 aromatic heterocycles. The van der Waals surface area contributed by atoms with Crippen molar-refractivity contribution in [1.29, 1.82) is 0 Å². The number of nitrogens with one attached hydrogen (secondary N) is 1. The fourth-order valence-electron chi connectivity index (χ4n) is 3.67. The fourth-order valence-corrected chi connectivity index (χ4v) is 4.83. The third kappa shape index (κ3) is 5.35. The van der Waals surface area contributed by atoms with Crippen LogP contribution >= 0.6 is 0 Å². The van der Waals surface area contributed by atoms with Crippen molar-refractivity contribution >= 4 is 21.6 Å². The predicted octanol–water partition coefficient (Wildman–Crippen LogP) is 3.79. The number of sulfonamides is 1. The molecular formula is C24H32N2O5S. The van der Waals surface area contributed by atoms with Crippen LogP contribution in [0.25, 0.3) is 0 Å². The van der Waals surface area contributed by atoms with Crippen LogP contribution < -0.4 is 19.1 Å². The van der Waals surface area contributed by atoms with Gasteiger partial charge in [-0.25, -0.2) is 8.42 Å². The van der Waals surface area contributed by atoms with Crippen molar-refractivity contribution in [2.45, 2.75) is 52.1 Å². The monoisotopic (exact) mass is 460 g/mol. The third-order valence-electron chi connectivity index (χ3n) is 5.50. The summed E-state index contributed by atoms with van der Waals surface area (Å²) in [5.41, 5.74) is 2.54. The Morgan fingerprint density at radius 3 is 2.16 bits per heavy atom. The molecule has 1 aliphatic rings. The Bertz CT molecular complexity index is 1070. The van der Waals surface area contributed by atoms with Crippen molar-refractivity contribution in [2.24, 2.45) is 0 Å². The van der Waals surface area contributed by atoms with Gasteiger partial charge in [-0.2, -0.15) is 0 Å². The van der Waals surface area contributed by atoms with Gasteiger partial charge in [0.1, 0.15) is 19.3 Å². The Balaban J connectivity index is 1.79. The van der Waals surface area contributed by atoms with Crippen LogP contribution in [0, 0.1) is 0 Å². The molecule has 2 aromatic rings. The highest BCUT2D eigenvalue weighted by Gasteiger charge is 2.31. The number of fused-ring (bicyclic) bond motifs is 1. The highest BCUT2D eigenvalue weighted by molar-refractivity contribution is 7.92. The number of carbonyl (C=O) groups is 1. The second-order valence-electron chi connectivity index (χ2n) is 9.17. The van der Waals surface area contributed by atoms with E-state index in [1.165, 1.54) is 5.56 Å². The molecule has 1 amide bonds. The zero-order valence-electron chi connectivity index (χ0n) is 19.5. The number of anilines is 1. The maximum Gasteiger partial charge on any atom is 0.244 e. The first-order chi connectivity index (χ1) is 14.9. The van der Waals surface area contributed by atoms with Gasteiger partial charge in [0, 0.05) is 6.07 Å². The van der Waals surface area contributed by atoms with Crippen LogP contribution in [0.3, 0.4) is 0 Å². The van der Waals surface area contributed by atoms with Crippen LogP contribution in [-0.4, -0.2) is 39.8 Å². The topological polar surface area (TPSA) is 84.9 Å². The average Bonchev–Trinajstić information content (AvgIpc) is 2.72. The van der Waals surface area contributed by atoms with Crippen molar-refractivity contribution in [3.63, 3.8) is 0 Å². The van der Waals surface area contributed by atoms with Gasteiger partial charge in [0.15, 0.2) is 11.5 Å². The minimum absolute atomic E-state index is 0.0408. The van der Waals surface area contributed by atoms with Crippen LogP contribution in [0.5, 0.6) is 11.5 Å². The van der Waals surface area contributed by atoms with E-state index in [0.717, 1.165) is 16.1 Å². The van der Waals surface area contributed by atoms with E-state index in [0.29, 0.717) is 30.4 Å². The Morgan fingerprint density at radius 2 is 1.59 bits per heavy atom. The maximum absolute atomic E-state index is 13.0. The van der Waals surface area contributed by atoms with Crippen molar-refractivity contribution in [2.75, 3.05) is 23.8 Å². The summed E-state index contributed by atoms with van der Waals surface area (Å²) >= 11 is 0. The molecule has 0 aliphatic carbocycles. The smallest absolute Gasteiger partial charge is 0.244 e. The van der Waals surface area contributed by atoms with Crippen LogP contribution in [0.1, 0.15) is 51.8 Å². The summed E-state index contributed by atoms with van der Waals surface area (Å²) in [6, 6.07) is 11.7. The second-order valence-corrected chi connectivity index (χ2v) is 11.0. The number of hydrogen-bond donors (Lipinski definition) is 1. The van der Waals surface area contributed by atoms with Gasteiger partial charge in [-0.3, -0.25) is 9.10 Å². The minimum Gasteiger partial charge on any atom is -0.486 e. The molecule has 174 valence electrons. The molecule has 0 spiro atoms. The molecule has 2 aromatic carbocycles. The molecule has 1 N–H and O–H groups in total. The molecule has 0 saturated carbocycles. The summed E-state index contributed by atoms with van der Waals surface area (Å²) in [5, 5.41) is 2.94. The van der Waals surface area contributed by atoms with E-state index in [-0.39, 0.29) is 11.5 Å². The molecular weight excluding hydrogens is 428 g/mol. The molecule has 3 rings (SSSR count). The number of carbonyl (C=O) groups excluding carboxylic acids is 1. The number of rotatable bonds is 6. The first kappa shape index (κ1) is 23.9. The van der Waals surface area contributed by atoms with E-state index < -0.39 is 22.0 Å². The highest BCUT2D eigenvalue weighted by atomic mass is 32.2. The Hall–Kier alpha value is -2.74. The summed E-state index contributed by atoms with van der Waals surface area (Å²) in [6.45, 7) is 10.7. The Kier molecular flexibility index (Phi) is 6.74. The lowest BCUT2D eigenvalue weighted by molar-refractivity contribution is -0.122. The molecule has 0 saturated heterocycles. The fraction of sp³-hybridized carbons (Fsp3) is 0.458. The maximum atomic E-state index is 13.0. The lowest BCUT2D eigenvalue weighted by Gasteiger charge is -2.30. The lowest BCUT2D eigenvalue weighted by atomic mass is 9.86. The number of nitrogens with zero attached hydrogens (tertiary/aromatic N) is 1. The molecule has 0 unspecified atom stereocenters. The van der Waals surface area contributed by atoms with Crippen LogP contribution in [0.4, 0.5) is 5.69 Å². The summed E-state index contributed by atoms with van der Waals surface area (Å²) in [4.78, 5) is 13.0. The number of benzene rings is 2. The molecule has 7 nitrogen and oxygen atoms in total. The number of amides is 1. The summed E-state index contributed by atoms with van der Waals surface area (Å²) in [6.07, 6.45) is 1.09. The summed E-state index contributed by atoms with van der Waals surface area (Å²) in [5.74, 6) is 0.623. The SMILES string of the molecule is C[C@@H](NC(=O)[C@H](C)N(c1ccc2c(c1)OCCO2)S(C)(=O)=O)c1ccc(C(C)(C)C)cc1. The second kappa shape index (κ2) is 9.02. The molecule has 0 bridgehead atoms. The van der Waals surface area contributed by atoms with E-state index in [4.69, 9.17) is 9.47 Å². The predicted molar refractivity (Wildman–Crippen MR) is 126 cm³/mol. The zero-order chi connectivity index (χ0) is 23.7. The molecule has 1 aliphatic heterocycles. The third-order valence-corrected chi connectivity index (χ3v) is 6.75. The first-order valence-corrected chi connectivity index (χ1v) is 12.5. The van der Waals surface area contributed by atoms with Crippen LogP contribution in [0.2, 0.25) is 0 Å². The van der Waals surface area contributed by atoms with Crippen molar-refractivity contribution < 1.29 is 22.7 Å². The Morgan fingerprint density at radius 1 is 1.00 bits per heavy atom. The molecule has 8 heteroatoms. The molecule has 0 fully saturated rings. The molecule has 2 atom stereocenters. The Labute approximate surface area is 190 Å². The van der Waals surface area contributed by atoms with Gasteiger partial charge in [0.25, 0.3) is 0 Å². The summed E-state index contributed by atoms with van der Waals surface area (Å²) in [7, 11) is -3.74. The van der Waals surface area contributed by atoms with E-state index in [9.17, 15) is 13.2 Å². The van der Waals surface area contributed by atoms with Crippen LogP contribution in [0.15, 0.2) is 42.5 Å². The summed E-state index contributed by atoms with van der Waals surface area (Å²) < 4.78 is 37.4. The standard InChI is InChI=1S/C24H32N2O5S/c1-16(18-7-9-19(10-8-18)24(3,4)5)25-23(27)17(2)26(32(6,28)29)20-11-12-21-22(15-20)31-14-13-30-21/h7-12,15-17H,13-14H2,1-6H3,(H,25,27)/t16-,17+/m1/s1. The van der Waals surface area contributed by atoms with Gasteiger partial charge < -0.3 is 14.8 Å². The normalized spacial score (nSPS) is 15.6. The average molecular weight is 461 g/mol. The van der Waals surface area contributed by atoms with Crippen molar-refractivity contribution in [3.8, 4) is 11.5 Å². The highest BCUT2D eigenvalue weighted by Crippen LogP contribution is 2.35. The van der Waals surface area contributed by atoms with E-state index >= 15 is 0 Å². The molecule has 32 heavy (non-hydrogen) atoms. The van der Waals surface area contributed by atoms with Gasteiger partial charge in [-0.1, -0.05) is 45.0 Å². The van der Waals surface area contributed by atoms with E-state index in [1.807, 2.05) is 19.1 Å². The molecule has 0 radical (unpaired) electrons. The van der Waals surface area contributed by atoms with E-state index in [2.05, 4.69) is 38.2 Å². The van der Waals surface area contributed by atoms with E-state index in [1.54, 1.807) is 25.1 Å². The van der Waals surface area contributed by atoms with Gasteiger partial charge in [0.2, 0.25) is 15.9 Å². The van der Waals surface area contributed by atoms with Gasteiger partial charge in [-0.15, -0.1) is 0 Å². The lowest BCUT2D eigenvalue weighted by Crippen LogP contribution is -2.48.